The number of aromatic nitrogens is 1. The van der Waals surface area contributed by atoms with Crippen LogP contribution in [0.1, 0.15) is 24.4 Å². The van der Waals surface area contributed by atoms with E-state index in [-0.39, 0.29) is 0 Å². The van der Waals surface area contributed by atoms with Gasteiger partial charge in [-0.3, -0.25) is 0 Å². The third-order valence-electron chi connectivity index (χ3n) is 2.56. The molecule has 1 N–H and O–H groups in total. The van der Waals surface area contributed by atoms with Crippen LogP contribution in [-0.4, -0.2) is 23.0 Å². The maximum Gasteiger partial charge on any atom is 0.109 e. The molecule has 0 spiro atoms. The van der Waals surface area contributed by atoms with Crippen LogP contribution < -0.4 is 5.32 Å². The quantitative estimate of drug-likeness (QED) is 0.857. The highest BCUT2D eigenvalue weighted by Gasteiger charge is 2.16. The van der Waals surface area contributed by atoms with E-state index in [1.807, 2.05) is 11.6 Å². The first-order chi connectivity index (χ1) is 6.86. The second-order valence-electron chi connectivity index (χ2n) is 3.73. The number of hydrogen-bond donors (Lipinski definition) is 1. The molecule has 0 amide bonds. The van der Waals surface area contributed by atoms with Gasteiger partial charge in [0.1, 0.15) is 5.01 Å². The fourth-order valence-corrected chi connectivity index (χ4v) is 3.58. The number of thioether (sulfide) groups is 1. The molecule has 2 unspecified atom stereocenters. The van der Waals surface area contributed by atoms with Gasteiger partial charge in [-0.15, -0.1) is 11.3 Å². The summed E-state index contributed by atoms with van der Waals surface area (Å²) >= 11 is 3.81. The van der Waals surface area contributed by atoms with E-state index in [1.54, 1.807) is 11.3 Å². The summed E-state index contributed by atoms with van der Waals surface area (Å²) in [5.41, 5.74) is 0. The summed E-state index contributed by atoms with van der Waals surface area (Å²) in [5, 5.41) is 6.81. The summed E-state index contributed by atoms with van der Waals surface area (Å²) in [4.78, 5) is 4.31. The molecule has 1 aromatic heterocycles. The number of thiazole rings is 1. The van der Waals surface area contributed by atoms with Gasteiger partial charge in [-0.1, -0.05) is 0 Å². The molecular weight excluding hydrogens is 212 g/mol. The van der Waals surface area contributed by atoms with Gasteiger partial charge in [0.25, 0.3) is 0 Å². The lowest BCUT2D eigenvalue weighted by Gasteiger charge is -2.14. The van der Waals surface area contributed by atoms with Crippen molar-refractivity contribution in [3.05, 3.63) is 16.6 Å². The van der Waals surface area contributed by atoms with Crippen molar-refractivity contribution < 1.29 is 0 Å². The molecule has 0 bridgehead atoms. The highest BCUT2D eigenvalue weighted by atomic mass is 32.2. The number of hydrogen-bond acceptors (Lipinski definition) is 4. The first-order valence-corrected chi connectivity index (χ1v) is 7.10. The molecule has 14 heavy (non-hydrogen) atoms. The topological polar surface area (TPSA) is 24.9 Å². The molecule has 78 valence electrons. The lowest BCUT2D eigenvalue weighted by molar-refractivity contribution is 0.476. The Balaban J connectivity index is 1.74. The largest absolute Gasteiger partial charge is 0.308 e. The normalized spacial score (nSPS) is 23.9. The predicted octanol–water partition coefficient (Wildman–Crippen LogP) is 2.55. The van der Waals surface area contributed by atoms with Crippen molar-refractivity contribution in [1.82, 2.24) is 10.3 Å². The van der Waals surface area contributed by atoms with E-state index in [2.05, 4.69) is 29.0 Å². The van der Waals surface area contributed by atoms with E-state index in [0.717, 1.165) is 12.5 Å². The molecule has 1 fully saturated rings. The van der Waals surface area contributed by atoms with Crippen LogP contribution in [0.2, 0.25) is 0 Å². The molecule has 1 aromatic rings. The zero-order chi connectivity index (χ0) is 9.80. The molecule has 2 heterocycles. The van der Waals surface area contributed by atoms with Crippen LogP contribution in [0, 0.1) is 5.92 Å². The highest BCUT2D eigenvalue weighted by Crippen LogP contribution is 2.23. The second-order valence-corrected chi connectivity index (χ2v) is 5.81. The van der Waals surface area contributed by atoms with E-state index in [9.17, 15) is 0 Å². The van der Waals surface area contributed by atoms with Gasteiger partial charge in [0.05, 0.1) is 6.04 Å². The Labute approximate surface area is 93.5 Å². The van der Waals surface area contributed by atoms with Crippen LogP contribution in [0.25, 0.3) is 0 Å². The molecule has 2 nitrogen and oxygen atoms in total. The fraction of sp³-hybridized carbons (Fsp3) is 0.700. The van der Waals surface area contributed by atoms with Gasteiger partial charge < -0.3 is 5.32 Å². The Hall–Kier alpha value is -0.0600. The van der Waals surface area contributed by atoms with Crippen molar-refractivity contribution in [2.45, 2.75) is 19.4 Å². The summed E-state index contributed by atoms with van der Waals surface area (Å²) in [6, 6.07) is 0.417. The van der Waals surface area contributed by atoms with Crippen LogP contribution in [0.3, 0.4) is 0 Å². The zero-order valence-corrected chi connectivity index (χ0v) is 10.0. The van der Waals surface area contributed by atoms with Crippen molar-refractivity contribution in [1.29, 1.82) is 0 Å². The Morgan fingerprint density at radius 2 is 2.64 bits per heavy atom. The number of nitrogens with zero attached hydrogens (tertiary/aromatic N) is 1. The summed E-state index contributed by atoms with van der Waals surface area (Å²) in [7, 11) is 0. The minimum Gasteiger partial charge on any atom is -0.308 e. The van der Waals surface area contributed by atoms with E-state index in [1.165, 1.54) is 22.9 Å². The molecular formula is C10H16N2S2. The van der Waals surface area contributed by atoms with Crippen LogP contribution in [-0.2, 0) is 0 Å². The summed E-state index contributed by atoms with van der Waals surface area (Å²) < 4.78 is 0. The smallest absolute Gasteiger partial charge is 0.109 e. The van der Waals surface area contributed by atoms with Crippen molar-refractivity contribution >= 4 is 23.1 Å². The van der Waals surface area contributed by atoms with E-state index < -0.39 is 0 Å². The van der Waals surface area contributed by atoms with Gasteiger partial charge in [0.2, 0.25) is 0 Å². The monoisotopic (exact) mass is 228 g/mol. The minimum absolute atomic E-state index is 0.417. The number of nitrogens with one attached hydrogen (secondary N) is 1. The molecule has 0 aliphatic carbocycles. The third-order valence-corrected chi connectivity index (χ3v) is 4.75. The van der Waals surface area contributed by atoms with Crippen LogP contribution in [0.15, 0.2) is 11.6 Å². The van der Waals surface area contributed by atoms with E-state index in [4.69, 9.17) is 0 Å². The maximum atomic E-state index is 4.31. The fourth-order valence-electron chi connectivity index (χ4n) is 1.62. The van der Waals surface area contributed by atoms with Crippen molar-refractivity contribution in [3.63, 3.8) is 0 Å². The molecule has 1 aliphatic heterocycles. The third kappa shape index (κ3) is 2.72. The van der Waals surface area contributed by atoms with Gasteiger partial charge in [0.15, 0.2) is 0 Å². The van der Waals surface area contributed by atoms with Gasteiger partial charge in [-0.2, -0.15) is 11.8 Å². The lowest BCUT2D eigenvalue weighted by Crippen LogP contribution is -2.25. The molecule has 2 atom stereocenters. The average molecular weight is 228 g/mol. The summed E-state index contributed by atoms with van der Waals surface area (Å²) in [5.74, 6) is 3.55. The van der Waals surface area contributed by atoms with Crippen molar-refractivity contribution in [3.8, 4) is 0 Å². The standard InChI is InChI=1S/C10H16N2S2/c1-8(10-11-3-5-14-10)12-6-9-2-4-13-7-9/h3,5,8-9,12H,2,4,6-7H2,1H3. The van der Waals surface area contributed by atoms with Crippen molar-refractivity contribution in [2.75, 3.05) is 18.1 Å². The summed E-state index contributed by atoms with van der Waals surface area (Å²) in [6.45, 7) is 3.34. The highest BCUT2D eigenvalue weighted by molar-refractivity contribution is 7.99. The van der Waals surface area contributed by atoms with Gasteiger partial charge in [0, 0.05) is 11.6 Å². The molecule has 0 saturated carbocycles. The van der Waals surface area contributed by atoms with Crippen LogP contribution in [0.4, 0.5) is 0 Å². The molecule has 4 heteroatoms. The first kappa shape index (κ1) is 10.5. The minimum atomic E-state index is 0.417. The molecule has 1 saturated heterocycles. The van der Waals surface area contributed by atoms with Crippen molar-refractivity contribution in [2.24, 2.45) is 5.92 Å². The number of rotatable bonds is 4. The first-order valence-electron chi connectivity index (χ1n) is 5.07. The van der Waals surface area contributed by atoms with E-state index in [0.29, 0.717) is 6.04 Å². The maximum absolute atomic E-state index is 4.31. The van der Waals surface area contributed by atoms with Gasteiger partial charge in [-0.25, -0.2) is 4.98 Å². The van der Waals surface area contributed by atoms with Gasteiger partial charge >= 0.3 is 0 Å². The Kier molecular flexibility index (Phi) is 3.84. The molecule has 0 radical (unpaired) electrons. The van der Waals surface area contributed by atoms with Crippen LogP contribution in [0.5, 0.6) is 0 Å². The second kappa shape index (κ2) is 5.14. The van der Waals surface area contributed by atoms with E-state index >= 15 is 0 Å². The molecule has 2 rings (SSSR count). The Bertz CT molecular complexity index is 255. The Morgan fingerprint density at radius 3 is 3.29 bits per heavy atom. The Morgan fingerprint density at radius 1 is 1.71 bits per heavy atom. The van der Waals surface area contributed by atoms with Gasteiger partial charge in [-0.05, 0) is 37.3 Å². The lowest BCUT2D eigenvalue weighted by atomic mass is 10.1. The SMILES string of the molecule is CC(NCC1CCSC1)c1nccs1. The zero-order valence-electron chi connectivity index (χ0n) is 8.40. The summed E-state index contributed by atoms with van der Waals surface area (Å²) in [6.07, 6.45) is 3.26. The predicted molar refractivity (Wildman–Crippen MR) is 64.0 cm³/mol. The average Bonchev–Trinajstić information content (AvgIpc) is 2.87. The molecule has 0 aromatic carbocycles. The molecule has 1 aliphatic rings. The van der Waals surface area contributed by atoms with Crippen LogP contribution >= 0.6 is 23.1 Å².